The van der Waals surface area contributed by atoms with Crippen molar-refractivity contribution in [3.63, 3.8) is 0 Å². The molecule has 1 aromatic carbocycles. The summed E-state index contributed by atoms with van der Waals surface area (Å²) in [6.45, 7) is 5.82. The molecule has 1 aromatic heterocycles. The highest BCUT2D eigenvalue weighted by Gasteiger charge is 2.48. The van der Waals surface area contributed by atoms with Gasteiger partial charge in [-0.3, -0.25) is 4.79 Å². The molecule has 31 heavy (non-hydrogen) atoms. The Hall–Kier alpha value is -3.13. The monoisotopic (exact) mass is 425 g/mol. The third kappa shape index (κ3) is 4.64. The lowest BCUT2D eigenvalue weighted by atomic mass is 9.93. The number of aromatic amines is 1. The van der Waals surface area contributed by atoms with Gasteiger partial charge in [0.05, 0.1) is 33.3 Å². The number of methoxy groups -OCH3 is 1. The molecule has 2 saturated heterocycles. The summed E-state index contributed by atoms with van der Waals surface area (Å²) >= 11 is 0. The quantitative estimate of drug-likeness (QED) is 0.618. The fraction of sp³-hybridized carbons (Fsp3) is 0.435. The smallest absolute Gasteiger partial charge is 0.329 e. The van der Waals surface area contributed by atoms with E-state index < -0.39 is 5.54 Å². The van der Waals surface area contributed by atoms with Crippen LogP contribution in [0, 0.1) is 0 Å². The number of urea groups is 1. The molecule has 1 atom stereocenters. The number of benzene rings is 1. The summed E-state index contributed by atoms with van der Waals surface area (Å²) in [6, 6.07) is 11.7. The van der Waals surface area contributed by atoms with Crippen LogP contribution in [0.2, 0.25) is 0 Å². The molecule has 2 fully saturated rings. The van der Waals surface area contributed by atoms with Crippen molar-refractivity contribution in [3.8, 4) is 5.75 Å². The standard InChI is InChI=1S/C23H29N5O3/c1-23(10-7-18-3-5-20(31-2)6-4-18)21(29)28(22(30)25-23)17-26-13-15-27(16-14-26)19-8-11-24-12-9-19/h3-6,8-9,11-12H,7,10,13-17H2,1-2H3,(H,25,30)/p+2/t23-/m0/s1. The van der Waals surface area contributed by atoms with E-state index in [1.54, 1.807) is 7.11 Å². The summed E-state index contributed by atoms with van der Waals surface area (Å²) in [7, 11) is 1.64. The normalized spacial score (nSPS) is 22.0. The van der Waals surface area contributed by atoms with Crippen molar-refractivity contribution >= 4 is 17.6 Å². The topological polar surface area (TPSA) is 80.5 Å². The van der Waals surface area contributed by atoms with Crippen LogP contribution in [0.15, 0.2) is 48.8 Å². The number of amides is 3. The highest BCUT2D eigenvalue weighted by atomic mass is 16.5. The van der Waals surface area contributed by atoms with Gasteiger partial charge in [-0.1, -0.05) is 12.1 Å². The lowest BCUT2D eigenvalue weighted by Gasteiger charge is -2.34. The molecule has 0 spiro atoms. The molecule has 2 aliphatic heterocycles. The molecular weight excluding hydrogens is 394 g/mol. The Kier molecular flexibility index (Phi) is 6.08. The first-order chi connectivity index (χ1) is 15.0. The largest absolute Gasteiger partial charge is 0.497 e. The van der Waals surface area contributed by atoms with Crippen LogP contribution in [0.4, 0.5) is 10.5 Å². The molecule has 0 radical (unpaired) electrons. The number of H-pyrrole nitrogens is 1. The molecular formula is C23H31N5O3+2. The molecule has 8 nitrogen and oxygen atoms in total. The Bertz CT molecular complexity index is 913. The first-order valence-corrected chi connectivity index (χ1v) is 10.8. The van der Waals surface area contributed by atoms with Crippen molar-refractivity contribution in [3.05, 3.63) is 54.4 Å². The average molecular weight is 426 g/mol. The molecule has 0 unspecified atom stereocenters. The van der Waals surface area contributed by atoms with E-state index in [0.29, 0.717) is 19.5 Å². The summed E-state index contributed by atoms with van der Waals surface area (Å²) in [5.74, 6) is 0.680. The second-order valence-electron chi connectivity index (χ2n) is 8.50. The Balaban J connectivity index is 1.31. The first kappa shape index (κ1) is 21.1. The maximum absolute atomic E-state index is 13.1. The number of imide groups is 1. The van der Waals surface area contributed by atoms with Crippen LogP contribution in [0.25, 0.3) is 0 Å². The van der Waals surface area contributed by atoms with Crippen LogP contribution in [0.5, 0.6) is 5.75 Å². The molecule has 0 saturated carbocycles. The summed E-state index contributed by atoms with van der Waals surface area (Å²) in [4.78, 5) is 33.8. The number of hydrogen-bond donors (Lipinski definition) is 2. The van der Waals surface area contributed by atoms with Gasteiger partial charge < -0.3 is 19.9 Å². The average Bonchev–Trinajstić information content (AvgIpc) is 3.02. The molecule has 0 aliphatic carbocycles. The van der Waals surface area contributed by atoms with Gasteiger partial charge in [0, 0.05) is 17.8 Å². The number of piperazine rings is 1. The number of nitrogens with zero attached hydrogens (tertiary/aromatic N) is 2. The number of anilines is 1. The van der Waals surface area contributed by atoms with Crippen molar-refractivity contribution < 1.29 is 24.2 Å². The maximum Gasteiger partial charge on any atom is 0.329 e. The van der Waals surface area contributed by atoms with Gasteiger partial charge in [0.1, 0.15) is 11.3 Å². The highest BCUT2D eigenvalue weighted by molar-refractivity contribution is 6.06. The minimum absolute atomic E-state index is 0.125. The second-order valence-corrected chi connectivity index (χ2v) is 8.50. The van der Waals surface area contributed by atoms with Crippen molar-refractivity contribution in [2.45, 2.75) is 25.3 Å². The third-order valence-electron chi connectivity index (χ3n) is 6.34. The number of carbonyl (C=O) groups is 2. The number of hydrogen-bond acceptors (Lipinski definition) is 4. The minimum atomic E-state index is -0.862. The molecule has 8 heteroatoms. The fourth-order valence-electron chi connectivity index (χ4n) is 4.30. The Morgan fingerprint density at radius 1 is 1.10 bits per heavy atom. The van der Waals surface area contributed by atoms with E-state index in [-0.39, 0.29) is 11.9 Å². The Labute approximate surface area is 182 Å². The number of aromatic nitrogens is 1. The van der Waals surface area contributed by atoms with Gasteiger partial charge in [-0.2, -0.15) is 0 Å². The number of pyridine rings is 1. The van der Waals surface area contributed by atoms with E-state index >= 15 is 0 Å². The van der Waals surface area contributed by atoms with E-state index in [1.165, 1.54) is 15.5 Å². The van der Waals surface area contributed by atoms with Gasteiger partial charge in [-0.05, 0) is 37.5 Å². The summed E-state index contributed by atoms with van der Waals surface area (Å²) in [5, 5.41) is 2.93. The SMILES string of the molecule is COc1ccc(CC[C@]2(C)NC(=O)N(C[NH+]3CCN(c4cc[nH+]cc4)CC3)C2=O)cc1. The molecule has 3 N–H and O–H groups in total. The molecule has 3 amide bonds. The number of nitrogens with one attached hydrogen (secondary N) is 3. The van der Waals surface area contributed by atoms with Crippen molar-refractivity contribution in [1.82, 2.24) is 10.2 Å². The second kappa shape index (κ2) is 8.93. The number of aryl methyl sites for hydroxylation is 1. The van der Waals surface area contributed by atoms with Crippen LogP contribution in [0.3, 0.4) is 0 Å². The zero-order chi connectivity index (χ0) is 21.8. The predicted molar refractivity (Wildman–Crippen MR) is 116 cm³/mol. The van der Waals surface area contributed by atoms with E-state index in [4.69, 9.17) is 4.74 Å². The number of quaternary nitrogens is 1. The van der Waals surface area contributed by atoms with Gasteiger partial charge in [0.25, 0.3) is 5.91 Å². The fourth-order valence-corrected chi connectivity index (χ4v) is 4.30. The Morgan fingerprint density at radius 3 is 2.42 bits per heavy atom. The third-order valence-corrected chi connectivity index (χ3v) is 6.34. The summed E-state index contributed by atoms with van der Waals surface area (Å²) in [6.07, 6.45) is 5.12. The van der Waals surface area contributed by atoms with Gasteiger partial charge in [0.2, 0.25) is 0 Å². The molecule has 164 valence electrons. The zero-order valence-electron chi connectivity index (χ0n) is 18.2. The molecule has 2 aliphatic rings. The predicted octanol–water partition coefficient (Wildman–Crippen LogP) is 0.115. The van der Waals surface area contributed by atoms with Crippen LogP contribution in [-0.2, 0) is 11.2 Å². The van der Waals surface area contributed by atoms with Crippen LogP contribution in [0.1, 0.15) is 18.9 Å². The molecule has 2 aromatic rings. The minimum Gasteiger partial charge on any atom is -0.497 e. The van der Waals surface area contributed by atoms with Crippen LogP contribution < -0.4 is 24.8 Å². The molecule has 4 rings (SSSR count). The number of rotatable bonds is 7. The van der Waals surface area contributed by atoms with Crippen molar-refractivity contribution in [1.29, 1.82) is 0 Å². The number of ether oxygens (including phenoxy) is 1. The number of carbonyl (C=O) groups excluding carboxylic acids is 2. The van der Waals surface area contributed by atoms with E-state index in [9.17, 15) is 9.59 Å². The zero-order valence-corrected chi connectivity index (χ0v) is 18.2. The Morgan fingerprint density at radius 2 is 1.77 bits per heavy atom. The van der Waals surface area contributed by atoms with Gasteiger partial charge in [-0.25, -0.2) is 14.7 Å². The van der Waals surface area contributed by atoms with Gasteiger partial charge in [-0.15, -0.1) is 0 Å². The first-order valence-electron chi connectivity index (χ1n) is 10.8. The van der Waals surface area contributed by atoms with Crippen molar-refractivity contribution in [2.24, 2.45) is 0 Å². The van der Waals surface area contributed by atoms with Gasteiger partial charge >= 0.3 is 6.03 Å². The van der Waals surface area contributed by atoms with Crippen molar-refractivity contribution in [2.75, 3.05) is 44.9 Å². The van der Waals surface area contributed by atoms with Crippen LogP contribution in [-0.4, -0.2) is 62.3 Å². The van der Waals surface area contributed by atoms with Gasteiger partial charge in [0.15, 0.2) is 19.1 Å². The van der Waals surface area contributed by atoms with E-state index in [0.717, 1.165) is 37.5 Å². The lowest BCUT2D eigenvalue weighted by molar-refractivity contribution is -0.907. The maximum atomic E-state index is 13.1. The van der Waals surface area contributed by atoms with E-state index in [1.807, 2.05) is 43.6 Å². The summed E-state index contributed by atoms with van der Waals surface area (Å²) in [5.41, 5.74) is 1.44. The van der Waals surface area contributed by atoms with E-state index in [2.05, 4.69) is 27.3 Å². The lowest BCUT2D eigenvalue weighted by Crippen LogP contribution is -3.16. The summed E-state index contributed by atoms with van der Waals surface area (Å²) < 4.78 is 5.19. The van der Waals surface area contributed by atoms with Crippen LogP contribution >= 0.6 is 0 Å². The molecule has 0 bridgehead atoms. The highest BCUT2D eigenvalue weighted by Crippen LogP contribution is 2.23. The molecule has 3 heterocycles.